The van der Waals surface area contributed by atoms with Crippen LogP contribution in [0.1, 0.15) is 5.82 Å². The fourth-order valence-corrected chi connectivity index (χ4v) is 2.90. The molecule has 1 aliphatic rings. The molecule has 0 unspecified atom stereocenters. The first-order chi connectivity index (χ1) is 12.7. The predicted molar refractivity (Wildman–Crippen MR) is 94.4 cm³/mol. The monoisotopic (exact) mass is 371 g/mol. The molecule has 0 atom stereocenters. The first kappa shape index (κ1) is 16.4. The fraction of sp³-hybridized carbons (Fsp3) is 0.167. The van der Waals surface area contributed by atoms with E-state index >= 15 is 0 Å². The van der Waals surface area contributed by atoms with Crippen molar-refractivity contribution in [1.82, 2.24) is 10.1 Å². The summed E-state index contributed by atoms with van der Waals surface area (Å²) in [6.45, 7) is 0.158. The fourth-order valence-electron chi connectivity index (χ4n) is 2.74. The van der Waals surface area contributed by atoms with Crippen LogP contribution >= 0.6 is 11.6 Å². The molecule has 3 aromatic rings. The van der Waals surface area contributed by atoms with Gasteiger partial charge in [0.1, 0.15) is 11.5 Å². The van der Waals surface area contributed by atoms with Crippen molar-refractivity contribution in [3.8, 4) is 23.0 Å². The number of nitrogens with zero attached hydrogens (tertiary/aromatic N) is 3. The van der Waals surface area contributed by atoms with Gasteiger partial charge in [0.25, 0.3) is 11.8 Å². The van der Waals surface area contributed by atoms with Gasteiger partial charge in [0.15, 0.2) is 12.4 Å². The summed E-state index contributed by atoms with van der Waals surface area (Å²) in [5.74, 6) is 1.68. The Labute approximate surface area is 154 Å². The van der Waals surface area contributed by atoms with Crippen molar-refractivity contribution in [1.29, 1.82) is 0 Å². The van der Waals surface area contributed by atoms with Crippen molar-refractivity contribution in [2.24, 2.45) is 0 Å². The third kappa shape index (κ3) is 2.97. The molecular weight excluding hydrogens is 358 g/mol. The number of carbonyl (C=O) groups is 1. The van der Waals surface area contributed by atoms with Gasteiger partial charge in [-0.1, -0.05) is 28.9 Å². The number of rotatable bonds is 4. The Hall–Kier alpha value is -3.06. The lowest BCUT2D eigenvalue weighted by atomic mass is 10.2. The van der Waals surface area contributed by atoms with E-state index in [1.807, 2.05) is 24.3 Å². The van der Waals surface area contributed by atoms with Crippen LogP contribution in [0.15, 0.2) is 47.0 Å². The Morgan fingerprint density at radius 2 is 2.12 bits per heavy atom. The average molecular weight is 372 g/mol. The Morgan fingerprint density at radius 1 is 1.27 bits per heavy atom. The number of carbonyl (C=O) groups excluding carboxylic acids is 1. The Balaban J connectivity index is 1.63. The number of methoxy groups -OCH3 is 1. The molecule has 1 aromatic heterocycles. The van der Waals surface area contributed by atoms with Crippen molar-refractivity contribution in [2.75, 3.05) is 18.6 Å². The third-order valence-corrected chi connectivity index (χ3v) is 4.20. The molecular formula is C18H14ClN3O4. The van der Waals surface area contributed by atoms with E-state index in [2.05, 4.69) is 10.1 Å². The first-order valence-electron chi connectivity index (χ1n) is 7.84. The number of para-hydroxylation sites is 2. The molecule has 0 N–H and O–H groups in total. The van der Waals surface area contributed by atoms with Crippen molar-refractivity contribution in [2.45, 2.75) is 6.54 Å². The second-order valence-electron chi connectivity index (χ2n) is 5.60. The van der Waals surface area contributed by atoms with Crippen molar-refractivity contribution in [3.05, 3.63) is 53.3 Å². The molecule has 8 heteroatoms. The highest BCUT2D eigenvalue weighted by molar-refractivity contribution is 6.30. The van der Waals surface area contributed by atoms with E-state index in [0.29, 0.717) is 39.5 Å². The minimum absolute atomic E-state index is 0.0211. The van der Waals surface area contributed by atoms with E-state index < -0.39 is 0 Å². The summed E-state index contributed by atoms with van der Waals surface area (Å²) in [5, 5.41) is 4.52. The molecule has 2 heterocycles. The number of ether oxygens (including phenoxy) is 2. The molecule has 26 heavy (non-hydrogen) atoms. The van der Waals surface area contributed by atoms with Crippen LogP contribution in [0.2, 0.25) is 5.02 Å². The van der Waals surface area contributed by atoms with Gasteiger partial charge in [0.2, 0.25) is 0 Å². The molecule has 0 saturated heterocycles. The van der Waals surface area contributed by atoms with Crippen molar-refractivity contribution >= 4 is 23.2 Å². The maximum Gasteiger partial charge on any atom is 0.265 e. The van der Waals surface area contributed by atoms with Crippen LogP contribution in [0.25, 0.3) is 11.5 Å². The van der Waals surface area contributed by atoms with E-state index in [1.165, 1.54) is 7.11 Å². The molecule has 0 bridgehead atoms. The van der Waals surface area contributed by atoms with Gasteiger partial charge in [-0.25, -0.2) is 0 Å². The number of aromatic nitrogens is 2. The smallest absolute Gasteiger partial charge is 0.265 e. The first-order valence-corrected chi connectivity index (χ1v) is 8.22. The average Bonchev–Trinajstić information content (AvgIpc) is 3.12. The van der Waals surface area contributed by atoms with E-state index in [9.17, 15) is 4.79 Å². The molecule has 7 nitrogen and oxygen atoms in total. The molecule has 0 saturated carbocycles. The maximum atomic E-state index is 12.3. The lowest BCUT2D eigenvalue weighted by Crippen LogP contribution is -2.38. The lowest BCUT2D eigenvalue weighted by Gasteiger charge is -2.28. The van der Waals surface area contributed by atoms with Gasteiger partial charge >= 0.3 is 0 Å². The SMILES string of the molecule is COc1cc(Cl)ccc1-c1nc(CN2C(=O)COc3ccccc32)no1. The van der Waals surface area contributed by atoms with Gasteiger partial charge in [0, 0.05) is 5.02 Å². The minimum Gasteiger partial charge on any atom is -0.496 e. The third-order valence-electron chi connectivity index (χ3n) is 3.97. The van der Waals surface area contributed by atoms with Gasteiger partial charge in [-0.3, -0.25) is 9.69 Å². The molecule has 0 spiro atoms. The van der Waals surface area contributed by atoms with Gasteiger partial charge in [0.05, 0.1) is 24.9 Å². The number of hydrogen-bond donors (Lipinski definition) is 0. The zero-order valence-corrected chi connectivity index (χ0v) is 14.6. The zero-order chi connectivity index (χ0) is 18.1. The largest absolute Gasteiger partial charge is 0.496 e. The second kappa shape index (κ2) is 6.68. The summed E-state index contributed by atoms with van der Waals surface area (Å²) in [6, 6.07) is 12.5. The Morgan fingerprint density at radius 3 is 2.96 bits per heavy atom. The number of anilines is 1. The van der Waals surface area contributed by atoms with Crippen LogP contribution in [-0.4, -0.2) is 29.8 Å². The Bertz CT molecular complexity index is 973. The van der Waals surface area contributed by atoms with Gasteiger partial charge in [-0.2, -0.15) is 4.98 Å². The highest BCUT2D eigenvalue weighted by atomic mass is 35.5. The van der Waals surface area contributed by atoms with E-state index in [4.69, 9.17) is 25.6 Å². The minimum atomic E-state index is -0.167. The zero-order valence-electron chi connectivity index (χ0n) is 13.8. The molecule has 132 valence electrons. The summed E-state index contributed by atoms with van der Waals surface area (Å²) < 4.78 is 16.1. The maximum absolute atomic E-state index is 12.3. The van der Waals surface area contributed by atoms with E-state index in [-0.39, 0.29) is 19.1 Å². The normalized spacial score (nSPS) is 13.3. The molecule has 0 fully saturated rings. The molecule has 2 aromatic carbocycles. The second-order valence-corrected chi connectivity index (χ2v) is 6.03. The lowest BCUT2D eigenvalue weighted by molar-refractivity contribution is -0.121. The predicted octanol–water partition coefficient (Wildman–Crippen LogP) is 3.32. The number of benzene rings is 2. The van der Waals surface area contributed by atoms with E-state index in [0.717, 1.165) is 0 Å². The standard InChI is InChI=1S/C18H14ClN3O4/c1-24-15-8-11(19)6-7-12(15)18-20-16(21-26-18)9-22-13-4-2-3-5-14(13)25-10-17(22)23/h2-8H,9-10H2,1H3. The van der Waals surface area contributed by atoms with Crippen LogP contribution in [0.3, 0.4) is 0 Å². The van der Waals surface area contributed by atoms with Crippen LogP contribution in [0.5, 0.6) is 11.5 Å². The van der Waals surface area contributed by atoms with Crippen LogP contribution < -0.4 is 14.4 Å². The van der Waals surface area contributed by atoms with Crippen molar-refractivity contribution < 1.29 is 18.8 Å². The number of hydrogen-bond acceptors (Lipinski definition) is 6. The van der Waals surface area contributed by atoms with E-state index in [1.54, 1.807) is 23.1 Å². The quantitative estimate of drug-likeness (QED) is 0.700. The highest BCUT2D eigenvalue weighted by Crippen LogP contribution is 2.34. The van der Waals surface area contributed by atoms with Gasteiger partial charge < -0.3 is 14.0 Å². The van der Waals surface area contributed by atoms with Gasteiger partial charge in [-0.15, -0.1) is 0 Å². The summed E-state index contributed by atoms with van der Waals surface area (Å²) in [6.07, 6.45) is 0. The van der Waals surface area contributed by atoms with Crippen LogP contribution in [-0.2, 0) is 11.3 Å². The summed E-state index contributed by atoms with van der Waals surface area (Å²) in [7, 11) is 1.54. The van der Waals surface area contributed by atoms with Crippen LogP contribution in [0.4, 0.5) is 5.69 Å². The number of amides is 1. The number of halogens is 1. The molecule has 0 radical (unpaired) electrons. The molecule has 1 amide bonds. The van der Waals surface area contributed by atoms with Crippen molar-refractivity contribution in [3.63, 3.8) is 0 Å². The molecule has 1 aliphatic heterocycles. The topological polar surface area (TPSA) is 77.7 Å². The summed E-state index contributed by atoms with van der Waals surface area (Å²) in [5.41, 5.74) is 1.31. The molecule has 0 aliphatic carbocycles. The molecule has 4 rings (SSSR count). The van der Waals surface area contributed by atoms with Gasteiger partial charge in [-0.05, 0) is 30.3 Å². The summed E-state index contributed by atoms with van der Waals surface area (Å²) >= 11 is 5.98. The summed E-state index contributed by atoms with van der Waals surface area (Å²) in [4.78, 5) is 18.2. The highest BCUT2D eigenvalue weighted by Gasteiger charge is 2.27. The van der Waals surface area contributed by atoms with Crippen LogP contribution in [0, 0.1) is 0 Å². The Kier molecular flexibility index (Phi) is 4.22. The number of fused-ring (bicyclic) bond motifs is 1.